The second-order valence-corrected chi connectivity index (χ2v) is 7.23. The Balaban J connectivity index is 1.83. The maximum absolute atomic E-state index is 4.08. The minimum Gasteiger partial charge on any atom is -0.311 e. The highest BCUT2D eigenvalue weighted by molar-refractivity contribution is 9.10. The van der Waals surface area contributed by atoms with Gasteiger partial charge in [0.1, 0.15) is 0 Å². The quantitative estimate of drug-likeness (QED) is 0.613. The average Bonchev–Trinajstić information content (AvgIpc) is 3.30. The first-order valence-electron chi connectivity index (χ1n) is 8.28. The number of halogens is 1. The van der Waals surface area contributed by atoms with E-state index >= 15 is 0 Å². The molecule has 0 amide bonds. The van der Waals surface area contributed by atoms with E-state index in [0.29, 0.717) is 0 Å². The Bertz CT molecular complexity index is 780. The summed E-state index contributed by atoms with van der Waals surface area (Å²) in [6, 6.07) is 15.5. The molecule has 2 aliphatic rings. The first-order valence-corrected chi connectivity index (χ1v) is 9.07. The van der Waals surface area contributed by atoms with Crippen molar-refractivity contribution in [3.63, 3.8) is 0 Å². The van der Waals surface area contributed by atoms with Gasteiger partial charge in [-0.15, -0.1) is 0 Å². The van der Waals surface area contributed by atoms with Crippen LogP contribution in [-0.2, 0) is 12.8 Å². The molecule has 0 unspecified atom stereocenters. The number of nitrogens with zero attached hydrogens (tertiary/aromatic N) is 1. The van der Waals surface area contributed by atoms with Gasteiger partial charge in [-0.25, -0.2) is 0 Å². The van der Waals surface area contributed by atoms with E-state index in [1.165, 1.54) is 65.9 Å². The Labute approximate surface area is 146 Å². The second-order valence-electron chi connectivity index (χ2n) is 6.31. The molecule has 0 aromatic heterocycles. The molecule has 0 aliphatic heterocycles. The van der Waals surface area contributed by atoms with Gasteiger partial charge in [0.15, 0.2) is 0 Å². The number of benzene rings is 2. The number of hydrogen-bond donors (Lipinski definition) is 0. The summed E-state index contributed by atoms with van der Waals surface area (Å²) < 4.78 is 1.11. The summed E-state index contributed by atoms with van der Waals surface area (Å²) in [5.41, 5.74) is 8.23. The minimum absolute atomic E-state index is 1.11. The smallest absolute Gasteiger partial charge is 0.0464 e. The number of anilines is 2. The molecular weight excluding hydrogens is 346 g/mol. The van der Waals surface area contributed by atoms with Gasteiger partial charge >= 0.3 is 0 Å². The number of aryl methyl sites for hydroxylation is 2. The van der Waals surface area contributed by atoms with Crippen molar-refractivity contribution < 1.29 is 0 Å². The van der Waals surface area contributed by atoms with Crippen LogP contribution in [0.4, 0.5) is 11.4 Å². The van der Waals surface area contributed by atoms with Crippen LogP contribution in [0.3, 0.4) is 0 Å². The van der Waals surface area contributed by atoms with Crippen molar-refractivity contribution in [1.29, 1.82) is 0 Å². The summed E-state index contributed by atoms with van der Waals surface area (Å²) in [5.74, 6) is 0. The number of fused-ring (bicyclic) bond motifs is 1. The first-order chi connectivity index (χ1) is 11.3. The molecule has 0 saturated heterocycles. The zero-order chi connectivity index (χ0) is 15.8. The summed E-state index contributed by atoms with van der Waals surface area (Å²) in [4.78, 5) is 2.36. The second kappa shape index (κ2) is 6.01. The third-order valence-electron chi connectivity index (χ3n) is 4.72. The molecule has 1 saturated carbocycles. The standard InChI is InChI=1S/C21H20BrN/c1-2-21(16-6-7-16)23(19-12-9-18(22)10-13-19)20-11-8-15-4-3-5-17(15)14-20/h2,8-14H,1,3-7H2. The SMILES string of the molecule is C=CC(=C1CC1)N(c1ccc(Br)cc1)c1ccc2c(c1)CCC2. The predicted molar refractivity (Wildman–Crippen MR) is 101 cm³/mol. The van der Waals surface area contributed by atoms with E-state index in [1.54, 1.807) is 0 Å². The molecule has 0 N–H and O–H groups in total. The molecular formula is C21H20BrN. The molecule has 2 aliphatic carbocycles. The first kappa shape index (κ1) is 14.8. The minimum atomic E-state index is 1.11. The zero-order valence-electron chi connectivity index (χ0n) is 13.2. The summed E-state index contributed by atoms with van der Waals surface area (Å²) in [7, 11) is 0. The molecule has 0 bridgehead atoms. The monoisotopic (exact) mass is 365 g/mol. The van der Waals surface area contributed by atoms with Crippen LogP contribution in [0.25, 0.3) is 0 Å². The molecule has 2 aromatic rings. The van der Waals surface area contributed by atoms with Crippen LogP contribution in [0.2, 0.25) is 0 Å². The van der Waals surface area contributed by atoms with Gasteiger partial charge in [0.05, 0.1) is 0 Å². The van der Waals surface area contributed by atoms with Gasteiger partial charge in [0.25, 0.3) is 0 Å². The Morgan fingerprint density at radius 1 is 0.913 bits per heavy atom. The Hall–Kier alpha value is -1.80. The average molecular weight is 366 g/mol. The molecule has 0 atom stereocenters. The topological polar surface area (TPSA) is 3.24 Å². The lowest BCUT2D eigenvalue weighted by Crippen LogP contribution is -2.15. The Morgan fingerprint density at radius 2 is 1.61 bits per heavy atom. The third kappa shape index (κ3) is 2.88. The lowest BCUT2D eigenvalue weighted by atomic mass is 10.1. The summed E-state index contributed by atoms with van der Waals surface area (Å²) in [5, 5.41) is 0. The number of hydrogen-bond acceptors (Lipinski definition) is 1. The maximum atomic E-state index is 4.08. The van der Waals surface area contributed by atoms with Crippen molar-refractivity contribution in [2.45, 2.75) is 32.1 Å². The lowest BCUT2D eigenvalue weighted by molar-refractivity contribution is 0.911. The van der Waals surface area contributed by atoms with E-state index in [0.717, 1.165) is 4.47 Å². The number of allylic oxidation sites excluding steroid dienone is 2. The van der Waals surface area contributed by atoms with E-state index < -0.39 is 0 Å². The maximum Gasteiger partial charge on any atom is 0.0464 e. The molecule has 1 nitrogen and oxygen atoms in total. The van der Waals surface area contributed by atoms with Crippen molar-refractivity contribution in [3.05, 3.63) is 82.0 Å². The Kier molecular flexibility index (Phi) is 3.86. The fourth-order valence-electron chi connectivity index (χ4n) is 3.43. The van der Waals surface area contributed by atoms with Gasteiger partial charge in [0.2, 0.25) is 0 Å². The van der Waals surface area contributed by atoms with Crippen LogP contribution in [0, 0.1) is 0 Å². The van der Waals surface area contributed by atoms with E-state index in [1.807, 2.05) is 6.08 Å². The van der Waals surface area contributed by atoms with Crippen molar-refractivity contribution in [1.82, 2.24) is 0 Å². The lowest BCUT2D eigenvalue weighted by Gasteiger charge is -2.27. The van der Waals surface area contributed by atoms with Crippen LogP contribution in [0.15, 0.2) is 70.9 Å². The van der Waals surface area contributed by atoms with Gasteiger partial charge in [-0.05, 0) is 91.3 Å². The normalized spacial score (nSPS) is 15.3. The fourth-order valence-corrected chi connectivity index (χ4v) is 3.69. The Morgan fingerprint density at radius 3 is 2.30 bits per heavy atom. The molecule has 116 valence electrons. The molecule has 1 fully saturated rings. The van der Waals surface area contributed by atoms with E-state index in [4.69, 9.17) is 0 Å². The number of rotatable bonds is 4. The zero-order valence-corrected chi connectivity index (χ0v) is 14.8. The van der Waals surface area contributed by atoms with Crippen LogP contribution in [0.1, 0.15) is 30.4 Å². The molecule has 0 spiro atoms. The van der Waals surface area contributed by atoms with Gasteiger partial charge in [-0.2, -0.15) is 0 Å². The van der Waals surface area contributed by atoms with Crippen molar-refractivity contribution >= 4 is 27.3 Å². The van der Waals surface area contributed by atoms with Gasteiger partial charge in [-0.1, -0.05) is 28.6 Å². The van der Waals surface area contributed by atoms with Crippen molar-refractivity contribution in [3.8, 4) is 0 Å². The van der Waals surface area contributed by atoms with Crippen molar-refractivity contribution in [2.24, 2.45) is 0 Å². The predicted octanol–water partition coefficient (Wildman–Crippen LogP) is 6.31. The van der Waals surface area contributed by atoms with Gasteiger partial charge in [-0.3, -0.25) is 0 Å². The molecule has 2 heteroatoms. The highest BCUT2D eigenvalue weighted by Crippen LogP contribution is 2.40. The third-order valence-corrected chi connectivity index (χ3v) is 5.25. The molecule has 0 radical (unpaired) electrons. The highest BCUT2D eigenvalue weighted by Gasteiger charge is 2.23. The summed E-state index contributed by atoms with van der Waals surface area (Å²) in [6.07, 6.45) is 8.11. The fraction of sp³-hybridized carbons (Fsp3) is 0.238. The largest absolute Gasteiger partial charge is 0.311 e. The molecule has 2 aromatic carbocycles. The van der Waals surface area contributed by atoms with Crippen LogP contribution < -0.4 is 4.90 Å². The highest BCUT2D eigenvalue weighted by atomic mass is 79.9. The van der Waals surface area contributed by atoms with E-state index in [2.05, 4.69) is 69.9 Å². The van der Waals surface area contributed by atoms with Crippen LogP contribution in [0.5, 0.6) is 0 Å². The van der Waals surface area contributed by atoms with Crippen molar-refractivity contribution in [2.75, 3.05) is 4.90 Å². The van der Waals surface area contributed by atoms with E-state index in [-0.39, 0.29) is 0 Å². The van der Waals surface area contributed by atoms with Gasteiger partial charge < -0.3 is 4.90 Å². The molecule has 23 heavy (non-hydrogen) atoms. The van der Waals surface area contributed by atoms with Gasteiger partial charge in [0, 0.05) is 21.5 Å². The van der Waals surface area contributed by atoms with Crippen LogP contribution >= 0.6 is 15.9 Å². The summed E-state index contributed by atoms with van der Waals surface area (Å²) >= 11 is 3.54. The summed E-state index contributed by atoms with van der Waals surface area (Å²) in [6.45, 7) is 4.08. The van der Waals surface area contributed by atoms with Crippen LogP contribution in [-0.4, -0.2) is 0 Å². The van der Waals surface area contributed by atoms with E-state index in [9.17, 15) is 0 Å². The molecule has 0 heterocycles. The molecule has 4 rings (SSSR count).